The smallest absolute Gasteiger partial charge is 0.229 e. The van der Waals surface area contributed by atoms with Crippen LogP contribution in [0.1, 0.15) is 83.3 Å². The van der Waals surface area contributed by atoms with Crippen LogP contribution in [0.3, 0.4) is 0 Å². The highest BCUT2D eigenvalue weighted by Gasteiger charge is 2.38. The number of phenolic OH excluding ortho intramolecular Hbond substituents is 2. The number of benzene rings is 6. The fourth-order valence-electron chi connectivity index (χ4n) is 9.65. The van der Waals surface area contributed by atoms with Crippen molar-refractivity contribution in [2.75, 3.05) is 22.1 Å². The number of carbonyl (C=O) groups excluding carboxylic acids is 2. The molecule has 8 rings (SSSR count). The Balaban J connectivity index is 1.26. The van der Waals surface area contributed by atoms with E-state index in [2.05, 4.69) is 10.6 Å². The zero-order valence-corrected chi connectivity index (χ0v) is 40.2. The summed E-state index contributed by atoms with van der Waals surface area (Å²) in [5.74, 6) is -3.34. The maximum atomic E-state index is 14.3. The molecule has 0 saturated carbocycles. The Hall–Kier alpha value is -7.98. The Morgan fingerprint density at radius 1 is 0.441 bits per heavy atom. The number of nitrogens with one attached hydrogen (secondary N) is 2. The molecule has 346 valence electrons. The summed E-state index contributed by atoms with van der Waals surface area (Å²) in [6, 6.07) is 27.2. The molecule has 0 atom stereocenters. The van der Waals surface area contributed by atoms with Crippen molar-refractivity contribution in [1.82, 2.24) is 0 Å². The molecule has 10 N–H and O–H groups in total. The van der Waals surface area contributed by atoms with Crippen molar-refractivity contribution in [3.8, 4) is 44.9 Å². The summed E-state index contributed by atoms with van der Waals surface area (Å²) in [6.07, 6.45) is 3.00. The first-order valence-corrected chi connectivity index (χ1v) is 22.8. The fourth-order valence-corrected chi connectivity index (χ4v) is 9.65. The number of ketones is 2. The number of hydrogen-bond donors (Lipinski definition) is 8. The molecule has 0 unspecified atom stereocenters. The molecule has 68 heavy (non-hydrogen) atoms. The van der Waals surface area contributed by atoms with Crippen LogP contribution in [0.4, 0.5) is 22.7 Å². The molecule has 2 aliphatic carbocycles. The standard InChI is InChI=1S/C58H58N4O6/c1-27(2)47-39-23-33(9)49(55(65)51(39)41(53(63)57(47)67)25-61-45-17-13-37(21-31(45)7)35-11-15-43(59)29(5)19-35)50-34(10)24-40-48(28(3)4)58(68)54(64)42(52(40)56(50)66)26-62-46-18-14-38(22-32(46)8)36-12-16-44(60)30(6)20-36/h11-28,61-62,65-68H,59-60H2,1-10H3/b41-25-,42-26-. The van der Waals surface area contributed by atoms with Crippen LogP contribution in [0, 0.1) is 53.4 Å². The van der Waals surface area contributed by atoms with E-state index in [0.29, 0.717) is 56.1 Å². The highest BCUT2D eigenvalue weighted by molar-refractivity contribution is 6.35. The van der Waals surface area contributed by atoms with Gasteiger partial charge in [0, 0.05) is 68.5 Å². The number of phenols is 2. The lowest BCUT2D eigenvalue weighted by atomic mass is 9.75. The van der Waals surface area contributed by atoms with E-state index < -0.39 is 23.1 Å². The van der Waals surface area contributed by atoms with Crippen molar-refractivity contribution in [1.29, 1.82) is 0 Å². The van der Waals surface area contributed by atoms with Gasteiger partial charge >= 0.3 is 0 Å². The third-order valence-electron chi connectivity index (χ3n) is 13.4. The first-order valence-electron chi connectivity index (χ1n) is 22.8. The Morgan fingerprint density at radius 3 is 1.07 bits per heavy atom. The van der Waals surface area contributed by atoms with Crippen molar-refractivity contribution in [3.63, 3.8) is 0 Å². The summed E-state index contributed by atoms with van der Waals surface area (Å²) in [5, 5.41) is 54.9. The monoisotopic (exact) mass is 906 g/mol. The Morgan fingerprint density at radius 2 is 0.765 bits per heavy atom. The van der Waals surface area contributed by atoms with Gasteiger partial charge in [-0.1, -0.05) is 64.1 Å². The molecule has 0 bridgehead atoms. The van der Waals surface area contributed by atoms with Crippen LogP contribution in [-0.2, 0) is 9.59 Å². The molecule has 6 aromatic carbocycles. The molecule has 0 amide bonds. The zero-order chi connectivity index (χ0) is 49.2. The number of aromatic hydroxyl groups is 2. The molecular formula is C58H58N4O6. The van der Waals surface area contributed by atoms with Gasteiger partial charge < -0.3 is 42.5 Å². The van der Waals surface area contributed by atoms with Crippen molar-refractivity contribution in [3.05, 3.63) is 164 Å². The van der Waals surface area contributed by atoms with Gasteiger partial charge in [-0.2, -0.15) is 0 Å². The van der Waals surface area contributed by atoms with Gasteiger partial charge in [0.25, 0.3) is 0 Å². The van der Waals surface area contributed by atoms with E-state index in [1.807, 2.05) is 140 Å². The number of anilines is 4. The number of nitrogen functional groups attached to an aromatic ring is 2. The molecule has 0 heterocycles. The predicted octanol–water partition coefficient (Wildman–Crippen LogP) is 13.0. The maximum Gasteiger partial charge on any atom is 0.229 e. The van der Waals surface area contributed by atoms with Crippen LogP contribution in [-0.4, -0.2) is 32.0 Å². The number of hydrogen-bond acceptors (Lipinski definition) is 10. The van der Waals surface area contributed by atoms with Gasteiger partial charge in [0.05, 0.1) is 11.1 Å². The average Bonchev–Trinajstić information content (AvgIpc) is 3.27. The Bertz CT molecular complexity index is 3070. The van der Waals surface area contributed by atoms with E-state index in [9.17, 15) is 30.0 Å². The number of allylic oxidation sites excluding steroid dienone is 4. The SMILES string of the molecule is Cc1cc(-c2ccc(N/C=C3\C(=O)C(O)=C(C(C)C)c4cc(C)c(-c5c(C)cc6c(c5O)/C(=C/Nc5ccc(-c7ccc(N)c(C)c7)cc5C)C(=O)C(O)=C6C(C)C)c(O)c43)c(C)c2)ccc1N. The van der Waals surface area contributed by atoms with Crippen molar-refractivity contribution < 1.29 is 30.0 Å². The number of Topliss-reactive ketones (excluding diaryl/α,β-unsaturated/α-hetero) is 2. The van der Waals surface area contributed by atoms with Crippen LogP contribution in [0.2, 0.25) is 0 Å². The number of rotatable bonds is 9. The second kappa shape index (κ2) is 17.7. The van der Waals surface area contributed by atoms with E-state index in [1.165, 1.54) is 12.4 Å². The lowest BCUT2D eigenvalue weighted by molar-refractivity contribution is -0.113. The van der Waals surface area contributed by atoms with Gasteiger partial charge in [-0.15, -0.1) is 0 Å². The number of carbonyl (C=O) groups is 2. The van der Waals surface area contributed by atoms with Crippen molar-refractivity contribution in [2.24, 2.45) is 11.8 Å². The largest absolute Gasteiger partial charge is 0.507 e. The minimum atomic E-state index is -0.673. The third-order valence-corrected chi connectivity index (χ3v) is 13.4. The molecule has 6 aromatic rings. The molecule has 0 aromatic heterocycles. The van der Waals surface area contributed by atoms with Gasteiger partial charge in [-0.05, 0) is 169 Å². The fraction of sp³-hybridized carbons (Fsp3) is 0.207. The second-order valence-corrected chi connectivity index (χ2v) is 18.8. The van der Waals surface area contributed by atoms with Gasteiger partial charge in [0.15, 0.2) is 11.5 Å². The lowest BCUT2D eigenvalue weighted by Gasteiger charge is -2.29. The predicted molar refractivity (Wildman–Crippen MR) is 278 cm³/mol. The summed E-state index contributed by atoms with van der Waals surface area (Å²) in [6.45, 7) is 18.9. The molecule has 2 aliphatic rings. The summed E-state index contributed by atoms with van der Waals surface area (Å²) in [4.78, 5) is 28.6. The first-order chi connectivity index (χ1) is 32.2. The summed E-state index contributed by atoms with van der Waals surface area (Å²) >= 11 is 0. The van der Waals surface area contributed by atoms with E-state index in [4.69, 9.17) is 11.5 Å². The quantitative estimate of drug-likeness (QED) is 0.0512. The molecule has 10 heteroatoms. The van der Waals surface area contributed by atoms with Gasteiger partial charge in [-0.3, -0.25) is 9.59 Å². The highest BCUT2D eigenvalue weighted by Crippen LogP contribution is 2.54. The molecule has 0 saturated heterocycles. The van der Waals surface area contributed by atoms with Crippen LogP contribution < -0.4 is 22.1 Å². The lowest BCUT2D eigenvalue weighted by Crippen LogP contribution is -2.20. The highest BCUT2D eigenvalue weighted by atomic mass is 16.3. The van der Waals surface area contributed by atoms with Gasteiger partial charge in [-0.25, -0.2) is 0 Å². The molecule has 0 radical (unpaired) electrons. The second-order valence-electron chi connectivity index (χ2n) is 18.8. The zero-order valence-electron chi connectivity index (χ0n) is 40.2. The minimum absolute atomic E-state index is 0.0243. The third kappa shape index (κ3) is 7.95. The van der Waals surface area contributed by atoms with Gasteiger partial charge in [0.1, 0.15) is 11.5 Å². The molecular weight excluding hydrogens is 849 g/mol. The molecule has 0 fully saturated rings. The van der Waals surface area contributed by atoms with Crippen LogP contribution in [0.5, 0.6) is 11.5 Å². The molecule has 0 aliphatic heterocycles. The number of aryl methyl sites for hydroxylation is 6. The summed E-state index contributed by atoms with van der Waals surface area (Å²) in [7, 11) is 0. The van der Waals surface area contributed by atoms with Gasteiger partial charge in [0.2, 0.25) is 11.6 Å². The Labute approximate surface area is 397 Å². The van der Waals surface area contributed by atoms with E-state index >= 15 is 0 Å². The van der Waals surface area contributed by atoms with E-state index in [-0.39, 0.29) is 56.7 Å². The first kappa shape index (κ1) is 46.5. The minimum Gasteiger partial charge on any atom is -0.507 e. The van der Waals surface area contributed by atoms with E-state index in [1.54, 1.807) is 13.8 Å². The maximum absolute atomic E-state index is 14.3. The number of nitrogens with two attached hydrogens (primary N) is 2. The van der Waals surface area contributed by atoms with Crippen LogP contribution in [0.25, 0.3) is 55.7 Å². The van der Waals surface area contributed by atoms with E-state index in [0.717, 1.165) is 44.5 Å². The molecule has 10 nitrogen and oxygen atoms in total. The topological polar surface area (TPSA) is 191 Å². The van der Waals surface area contributed by atoms with Crippen molar-refractivity contribution in [2.45, 2.75) is 69.2 Å². The summed E-state index contributed by atoms with van der Waals surface area (Å²) in [5.41, 5.74) is 26.4. The number of aliphatic hydroxyl groups excluding tert-OH is 2. The number of fused-ring (bicyclic) bond motifs is 2. The van der Waals surface area contributed by atoms with Crippen molar-refractivity contribution >= 4 is 56.6 Å². The number of aliphatic hydroxyl groups is 2. The summed E-state index contributed by atoms with van der Waals surface area (Å²) < 4.78 is 0. The normalized spacial score (nSPS) is 14.9. The van der Waals surface area contributed by atoms with Crippen LogP contribution in [0.15, 0.2) is 109 Å². The average molecular weight is 907 g/mol. The Kier molecular flexibility index (Phi) is 12.1. The molecule has 0 spiro atoms. The van der Waals surface area contributed by atoms with Crippen LogP contribution >= 0.6 is 0 Å².